The van der Waals surface area contributed by atoms with Crippen LogP contribution < -0.4 is 54.8 Å². The molecule has 30 heteroatoms. The van der Waals surface area contributed by atoms with Crippen molar-refractivity contribution in [2.24, 2.45) is 32.9 Å². The number of aliphatic carboxylic acids is 2. The van der Waals surface area contributed by atoms with Crippen molar-refractivity contribution in [3.05, 3.63) is 59.1 Å². The number of hydrogen-bond acceptors (Lipinski definition) is 18. The summed E-state index contributed by atoms with van der Waals surface area (Å²) in [5.74, 6) is -7.92. The van der Waals surface area contributed by atoms with Crippen LogP contribution >= 0.6 is 0 Å². The van der Waals surface area contributed by atoms with Crippen LogP contribution in [-0.2, 0) is 60.8 Å². The summed E-state index contributed by atoms with van der Waals surface area (Å²) in [5, 5.41) is 74.7. The molecule has 0 unspecified atom stereocenters. The Kier molecular flexibility index (Phi) is 21.9. The van der Waals surface area contributed by atoms with Crippen LogP contribution in [0.5, 0.6) is 0 Å². The number of guanidine groups is 2. The van der Waals surface area contributed by atoms with Gasteiger partial charge in [0, 0.05) is 52.9 Å². The van der Waals surface area contributed by atoms with Crippen LogP contribution in [0.15, 0.2) is 57.9 Å². The van der Waals surface area contributed by atoms with E-state index in [4.69, 9.17) is 41.9 Å². The van der Waals surface area contributed by atoms with Gasteiger partial charge in [0.15, 0.2) is 36.3 Å². The quantitative estimate of drug-likeness (QED) is 0.0338. The van der Waals surface area contributed by atoms with Gasteiger partial charge in [-0.05, 0) is 23.3 Å². The molecule has 70 heavy (non-hydrogen) atoms. The number of hydrogen-bond donors (Lipinski definition) is 16. The smallest absolute Gasteiger partial charge is 0.407 e. The molecule has 3 rings (SSSR count). The molecule has 0 fully saturated rings. The topological polar surface area (TPSA) is 496 Å². The number of nitrogens with zero attached hydrogens (tertiary/aromatic N) is 2. The lowest BCUT2D eigenvalue weighted by Crippen LogP contribution is -2.61. The van der Waals surface area contributed by atoms with Crippen LogP contribution in [-0.4, -0.2) is 177 Å². The lowest BCUT2D eigenvalue weighted by Gasteiger charge is -2.39. The van der Waals surface area contributed by atoms with E-state index in [-0.39, 0.29) is 39.0 Å². The minimum Gasteiger partial charge on any atom is -0.477 e. The Morgan fingerprint density at radius 2 is 1.01 bits per heavy atom. The van der Waals surface area contributed by atoms with Crippen molar-refractivity contribution in [3.8, 4) is 0 Å². The molecule has 2 aliphatic heterocycles. The van der Waals surface area contributed by atoms with Gasteiger partial charge in [-0.15, -0.1) is 0 Å². The number of ether oxygens (including phenoxy) is 4. The third-order valence-electron chi connectivity index (χ3n) is 9.85. The molecule has 0 saturated carbocycles. The second-order valence-corrected chi connectivity index (χ2v) is 15.3. The van der Waals surface area contributed by atoms with E-state index < -0.39 is 145 Å². The normalized spacial score (nSPS) is 21.0. The fraction of sp³-hybridized carbons (Fsp3) is 0.500. The van der Waals surface area contributed by atoms with E-state index in [1.807, 2.05) is 0 Å². The average Bonchev–Trinajstić information content (AvgIpc) is 3.28. The van der Waals surface area contributed by atoms with Crippen molar-refractivity contribution >= 4 is 59.7 Å². The summed E-state index contributed by atoms with van der Waals surface area (Å²) in [4.78, 5) is 107. The molecular formula is C40H58N12O18. The number of nitrogens with one attached hydrogen (secondary N) is 6. The Morgan fingerprint density at radius 3 is 1.33 bits per heavy atom. The van der Waals surface area contributed by atoms with E-state index in [1.54, 1.807) is 24.3 Å². The van der Waals surface area contributed by atoms with Crippen LogP contribution in [0.25, 0.3) is 0 Å². The van der Waals surface area contributed by atoms with Crippen molar-refractivity contribution in [1.82, 2.24) is 31.9 Å². The predicted octanol–water partition coefficient (Wildman–Crippen LogP) is -6.38. The summed E-state index contributed by atoms with van der Waals surface area (Å²) in [5.41, 5.74) is 23.2. The molecule has 2 heterocycles. The van der Waals surface area contributed by atoms with Gasteiger partial charge in [0.1, 0.15) is 12.2 Å². The number of rotatable bonds is 24. The van der Waals surface area contributed by atoms with Crippen LogP contribution in [0.1, 0.15) is 37.8 Å². The van der Waals surface area contributed by atoms with Gasteiger partial charge in [0.05, 0.1) is 37.4 Å². The Bertz CT molecular complexity index is 2040. The number of alkyl carbamates (subject to hydrolysis) is 2. The first-order valence-electron chi connectivity index (χ1n) is 21.1. The van der Waals surface area contributed by atoms with E-state index in [0.717, 1.165) is 26.0 Å². The number of carboxylic acid groups (broad SMARTS) is 2. The number of amides is 6. The van der Waals surface area contributed by atoms with E-state index in [0.29, 0.717) is 11.1 Å². The van der Waals surface area contributed by atoms with Gasteiger partial charge < -0.3 is 104 Å². The SMILES string of the molecule is CC(=O)N[C@H]1[C@H]([C@H](OC(=O)NCCC(=O)NCc2cccc(CNC(=O)CCNC(=O)O[C@@H]([C@@H]3OC(C(=O)O)=C[C@H](N=C(N)N)[C@H]3NC(C)=O)[C@H](O)CO)c2)[C@H](O)CO)OC(C(=O)O)=C[C@@H]1N=C(N)N. The van der Waals surface area contributed by atoms with E-state index in [1.165, 1.54) is 0 Å². The van der Waals surface area contributed by atoms with Gasteiger partial charge in [0.2, 0.25) is 35.1 Å². The molecule has 1 aromatic carbocycles. The molecule has 6 amide bonds. The first-order valence-corrected chi connectivity index (χ1v) is 21.1. The molecule has 0 bridgehead atoms. The number of aliphatic hydroxyl groups excluding tert-OH is 4. The molecule has 10 atom stereocenters. The number of benzene rings is 1. The molecular weight excluding hydrogens is 937 g/mol. The van der Waals surface area contributed by atoms with E-state index in [9.17, 15) is 69.0 Å². The zero-order chi connectivity index (χ0) is 52.2. The predicted molar refractivity (Wildman–Crippen MR) is 238 cm³/mol. The zero-order valence-corrected chi connectivity index (χ0v) is 37.7. The highest BCUT2D eigenvalue weighted by molar-refractivity contribution is 5.86. The summed E-state index contributed by atoms with van der Waals surface area (Å²) in [6.45, 7) is -0.309. The van der Waals surface area contributed by atoms with E-state index >= 15 is 0 Å². The molecule has 20 N–H and O–H groups in total. The lowest BCUT2D eigenvalue weighted by molar-refractivity contribution is -0.147. The van der Waals surface area contributed by atoms with Crippen molar-refractivity contribution < 1.29 is 87.9 Å². The molecule has 0 radical (unpaired) electrons. The Labute approximate surface area is 397 Å². The highest BCUT2D eigenvalue weighted by Gasteiger charge is 2.48. The molecule has 386 valence electrons. The Balaban J connectivity index is 1.51. The molecule has 2 aliphatic rings. The summed E-state index contributed by atoms with van der Waals surface area (Å²) in [6, 6.07) is 1.57. The molecule has 30 nitrogen and oxygen atoms in total. The number of carbonyl (C=O) groups is 8. The first kappa shape index (κ1) is 56.4. The Hall–Kier alpha value is -7.96. The summed E-state index contributed by atoms with van der Waals surface area (Å²) in [7, 11) is 0. The van der Waals surface area contributed by atoms with Crippen LogP contribution in [0, 0.1) is 0 Å². The largest absolute Gasteiger partial charge is 0.477 e. The lowest BCUT2D eigenvalue weighted by atomic mass is 9.92. The maximum Gasteiger partial charge on any atom is 0.407 e. The van der Waals surface area contributed by atoms with Gasteiger partial charge in [0.25, 0.3) is 0 Å². The second kappa shape index (κ2) is 27.1. The third-order valence-corrected chi connectivity index (χ3v) is 9.85. The van der Waals surface area contributed by atoms with Crippen molar-refractivity contribution in [1.29, 1.82) is 0 Å². The number of carbonyl (C=O) groups excluding carboxylic acids is 6. The number of aliphatic hydroxyl groups is 4. The van der Waals surface area contributed by atoms with Gasteiger partial charge in [-0.2, -0.15) is 0 Å². The van der Waals surface area contributed by atoms with Gasteiger partial charge >= 0.3 is 24.1 Å². The van der Waals surface area contributed by atoms with E-state index in [2.05, 4.69) is 41.9 Å². The number of carboxylic acids is 2. The van der Waals surface area contributed by atoms with Crippen LogP contribution in [0.4, 0.5) is 9.59 Å². The molecule has 0 spiro atoms. The van der Waals surface area contributed by atoms with Crippen LogP contribution in [0.3, 0.4) is 0 Å². The Morgan fingerprint density at radius 1 is 0.643 bits per heavy atom. The van der Waals surface area contributed by atoms with Crippen LogP contribution in [0.2, 0.25) is 0 Å². The molecule has 0 saturated heterocycles. The highest BCUT2D eigenvalue weighted by atomic mass is 16.6. The van der Waals surface area contributed by atoms with Crippen molar-refractivity contribution in [3.63, 3.8) is 0 Å². The fourth-order valence-electron chi connectivity index (χ4n) is 6.85. The van der Waals surface area contributed by atoms with Crippen molar-refractivity contribution in [2.45, 2.75) is 101 Å². The summed E-state index contributed by atoms with van der Waals surface area (Å²) in [6.07, 6.45) is -11.6. The molecule has 0 aromatic heterocycles. The first-order chi connectivity index (χ1) is 33.0. The summed E-state index contributed by atoms with van der Waals surface area (Å²) >= 11 is 0. The number of nitrogens with two attached hydrogens (primary N) is 4. The monoisotopic (exact) mass is 994 g/mol. The minimum atomic E-state index is -1.86. The maximum atomic E-state index is 12.8. The fourth-order valence-corrected chi connectivity index (χ4v) is 6.85. The zero-order valence-electron chi connectivity index (χ0n) is 37.7. The molecule has 0 aliphatic carbocycles. The van der Waals surface area contributed by atoms with Gasteiger partial charge in [-0.3, -0.25) is 19.2 Å². The standard InChI is InChI=1S/C40H58N12O18/c1-17(55)49-29-21(51-37(41)42)11-25(35(61)62)67-33(29)31(23(57)15-53)69-39(65)45-8-6-27(59)47-13-19-4-3-5-20(10-19)14-48-28(60)7-9-46-40(66)70-32(24(58)16-54)34-30(50-18(2)56)22(52-38(43)44)12-26(68-34)36(63)64/h3-5,10-12,21-24,29-34,53-54,57-58H,6-9,13-16H2,1-2H3,(H,45,65)(H,46,66)(H,47,59)(H,48,60)(H,49,55)(H,50,56)(H,61,62)(H,63,64)(H4,41,42,51)(H4,43,44,52)/t21-,22-,23+,24+,29+,30+,31+,32+,33+,34+/m0/s1. The van der Waals surface area contributed by atoms with Gasteiger partial charge in [-0.25, -0.2) is 29.2 Å². The minimum absolute atomic E-state index is 0.0219. The molecule has 1 aromatic rings. The number of aliphatic imine (C=N–C) groups is 2. The van der Waals surface area contributed by atoms with Crippen molar-refractivity contribution in [2.75, 3.05) is 26.3 Å². The summed E-state index contributed by atoms with van der Waals surface area (Å²) < 4.78 is 21.5. The second-order valence-electron chi connectivity index (χ2n) is 15.3. The maximum absolute atomic E-state index is 12.8. The average molecular weight is 995 g/mol. The highest BCUT2D eigenvalue weighted by Crippen LogP contribution is 2.28. The van der Waals surface area contributed by atoms with Gasteiger partial charge in [-0.1, -0.05) is 24.3 Å². The third kappa shape index (κ3) is 17.9.